The molecule has 0 aliphatic carbocycles. The summed E-state index contributed by atoms with van der Waals surface area (Å²) in [5, 5.41) is 19.2. The normalized spacial score (nSPS) is 18.4. The number of hydrogen-bond acceptors (Lipinski definition) is 6. The van der Waals surface area contributed by atoms with E-state index in [4.69, 9.17) is 10.8 Å². The first-order valence-electron chi connectivity index (χ1n) is 6.69. The number of fused-ring (bicyclic) bond motifs is 1. The molecule has 7 nitrogen and oxygen atoms in total. The van der Waals surface area contributed by atoms with Gasteiger partial charge in [-0.15, -0.1) is 0 Å². The van der Waals surface area contributed by atoms with E-state index in [-0.39, 0.29) is 5.49 Å². The molecule has 1 aliphatic rings. The fourth-order valence-corrected chi connectivity index (χ4v) is 2.93. The molecule has 3 rings (SSSR count). The average molecular weight is 350 g/mol. The summed E-state index contributed by atoms with van der Waals surface area (Å²) < 4.78 is 2.30. The highest BCUT2D eigenvalue weighted by Gasteiger charge is 2.24. The Morgan fingerprint density at radius 1 is 1.52 bits per heavy atom. The van der Waals surface area contributed by atoms with Gasteiger partial charge in [0, 0.05) is 29.8 Å². The number of aromatic nitrogens is 3. The molecule has 3 heterocycles. The van der Waals surface area contributed by atoms with E-state index >= 15 is 0 Å². The van der Waals surface area contributed by atoms with E-state index in [1.807, 2.05) is 13.1 Å². The molecule has 110 valence electrons. The number of likely N-dealkylation sites (N-methyl/N-ethyl adjacent to an activating group) is 1. The summed E-state index contributed by atoms with van der Waals surface area (Å²) in [6, 6.07) is 2.23. The number of rotatable bonds is 3. The van der Waals surface area contributed by atoms with Crippen LogP contribution in [0.5, 0.6) is 0 Å². The Morgan fingerprint density at radius 3 is 3.00 bits per heavy atom. The van der Waals surface area contributed by atoms with E-state index < -0.39 is 0 Å². The standard InChI is InChI=1S/C13H16BrN7/c1-17-9-2-3-20(6-9)13-11(16)21(7-15)10-4-8(14)5-18-12(10)19-13/h4-5,7,9,15-17H,2-3,6H2,1H3/t9-/m1/s1. The third-order valence-corrected chi connectivity index (χ3v) is 4.20. The summed E-state index contributed by atoms with van der Waals surface area (Å²) >= 11 is 3.36. The Labute approximate surface area is 130 Å². The zero-order chi connectivity index (χ0) is 15.0. The summed E-state index contributed by atoms with van der Waals surface area (Å²) in [6.07, 6.45) is 3.83. The molecular weight excluding hydrogens is 334 g/mol. The molecule has 1 fully saturated rings. The third kappa shape index (κ3) is 2.44. The largest absolute Gasteiger partial charge is 0.352 e. The van der Waals surface area contributed by atoms with E-state index in [2.05, 4.69) is 36.1 Å². The molecule has 0 bridgehead atoms. The van der Waals surface area contributed by atoms with Crippen LogP contribution in [0.25, 0.3) is 11.2 Å². The van der Waals surface area contributed by atoms with Crippen molar-refractivity contribution in [2.45, 2.75) is 12.5 Å². The Hall–Kier alpha value is -1.80. The van der Waals surface area contributed by atoms with Crippen LogP contribution < -0.4 is 15.7 Å². The maximum atomic E-state index is 8.33. The Balaban J connectivity index is 2.16. The minimum Gasteiger partial charge on any atom is -0.352 e. The molecule has 0 unspecified atom stereocenters. The number of anilines is 1. The number of pyridine rings is 1. The van der Waals surface area contributed by atoms with Gasteiger partial charge in [0.15, 0.2) is 17.0 Å². The number of nitrogens with zero attached hydrogens (tertiary/aromatic N) is 4. The quantitative estimate of drug-likeness (QED) is 0.567. The highest BCUT2D eigenvalue weighted by atomic mass is 79.9. The van der Waals surface area contributed by atoms with Crippen molar-refractivity contribution in [3.8, 4) is 0 Å². The zero-order valence-corrected chi connectivity index (χ0v) is 13.2. The molecule has 2 aromatic heterocycles. The van der Waals surface area contributed by atoms with Gasteiger partial charge in [-0.05, 0) is 35.5 Å². The molecule has 1 aliphatic heterocycles. The Bertz CT molecular complexity index is 754. The van der Waals surface area contributed by atoms with Crippen molar-refractivity contribution in [3.63, 3.8) is 0 Å². The summed E-state index contributed by atoms with van der Waals surface area (Å²) in [5.74, 6) is 0.582. The van der Waals surface area contributed by atoms with E-state index in [0.717, 1.165) is 30.3 Å². The van der Waals surface area contributed by atoms with Crippen LogP contribution in [0.1, 0.15) is 6.42 Å². The molecule has 8 heteroatoms. The first-order chi connectivity index (χ1) is 10.1. The smallest absolute Gasteiger partial charge is 0.178 e. The number of hydrogen-bond donors (Lipinski definition) is 3. The maximum absolute atomic E-state index is 8.33. The van der Waals surface area contributed by atoms with Crippen molar-refractivity contribution in [1.29, 1.82) is 10.8 Å². The fourth-order valence-electron chi connectivity index (χ4n) is 2.61. The van der Waals surface area contributed by atoms with E-state index in [0.29, 0.717) is 23.0 Å². The predicted octanol–water partition coefficient (Wildman–Crippen LogP) is 0.927. The van der Waals surface area contributed by atoms with Gasteiger partial charge in [0.05, 0.1) is 11.9 Å². The molecule has 1 saturated heterocycles. The molecule has 0 saturated carbocycles. The second kappa shape index (κ2) is 5.53. The SMILES string of the molecule is CN[C@@H]1CCN(c2nc3ncc(Br)cc3n(C=N)c2=N)C1. The minimum atomic E-state index is 0.217. The molecule has 2 aromatic rings. The second-order valence-corrected chi connectivity index (χ2v) is 5.92. The van der Waals surface area contributed by atoms with Gasteiger partial charge in [-0.25, -0.2) is 9.97 Å². The van der Waals surface area contributed by atoms with Crippen LogP contribution in [0.2, 0.25) is 0 Å². The average Bonchev–Trinajstić information content (AvgIpc) is 2.95. The Kier molecular flexibility index (Phi) is 3.73. The van der Waals surface area contributed by atoms with Crippen LogP contribution in [0.15, 0.2) is 16.7 Å². The lowest BCUT2D eigenvalue weighted by atomic mass is 10.3. The molecule has 21 heavy (non-hydrogen) atoms. The zero-order valence-electron chi connectivity index (χ0n) is 11.6. The van der Waals surface area contributed by atoms with E-state index in [1.165, 1.54) is 4.57 Å². The molecule has 0 amide bonds. The van der Waals surface area contributed by atoms with Crippen LogP contribution in [-0.2, 0) is 0 Å². The summed E-state index contributed by atoms with van der Waals surface area (Å²) in [5.41, 5.74) is 1.41. The first kappa shape index (κ1) is 14.2. The summed E-state index contributed by atoms with van der Waals surface area (Å²) in [6.45, 7) is 1.67. The second-order valence-electron chi connectivity index (χ2n) is 5.00. The van der Waals surface area contributed by atoms with Crippen LogP contribution in [0.4, 0.5) is 5.82 Å². The van der Waals surface area contributed by atoms with Gasteiger partial charge in [0.2, 0.25) is 0 Å². The van der Waals surface area contributed by atoms with Crippen molar-refractivity contribution < 1.29 is 0 Å². The summed E-state index contributed by atoms with van der Waals surface area (Å²) in [7, 11) is 1.94. The lowest BCUT2D eigenvalue weighted by Gasteiger charge is -2.19. The van der Waals surface area contributed by atoms with Gasteiger partial charge in [0.1, 0.15) is 0 Å². The van der Waals surface area contributed by atoms with Gasteiger partial charge in [-0.3, -0.25) is 15.4 Å². The van der Waals surface area contributed by atoms with Gasteiger partial charge >= 0.3 is 0 Å². The highest BCUT2D eigenvalue weighted by Crippen LogP contribution is 2.19. The molecule has 3 N–H and O–H groups in total. The van der Waals surface area contributed by atoms with Crippen molar-refractivity contribution in [3.05, 3.63) is 22.2 Å². The molecule has 0 spiro atoms. The van der Waals surface area contributed by atoms with Crippen molar-refractivity contribution in [1.82, 2.24) is 19.9 Å². The molecule has 0 aromatic carbocycles. The minimum absolute atomic E-state index is 0.217. The highest BCUT2D eigenvalue weighted by molar-refractivity contribution is 9.10. The predicted molar refractivity (Wildman–Crippen MR) is 84.9 cm³/mol. The lowest BCUT2D eigenvalue weighted by molar-refractivity contribution is 0.616. The van der Waals surface area contributed by atoms with Gasteiger partial charge < -0.3 is 10.2 Å². The maximum Gasteiger partial charge on any atom is 0.178 e. The van der Waals surface area contributed by atoms with Crippen LogP contribution in [0, 0.1) is 10.8 Å². The summed E-state index contributed by atoms with van der Waals surface area (Å²) in [4.78, 5) is 10.9. The Morgan fingerprint density at radius 2 is 2.33 bits per heavy atom. The van der Waals surface area contributed by atoms with Gasteiger partial charge in [-0.2, -0.15) is 0 Å². The van der Waals surface area contributed by atoms with Crippen LogP contribution in [-0.4, -0.2) is 47.1 Å². The van der Waals surface area contributed by atoms with E-state index in [9.17, 15) is 0 Å². The van der Waals surface area contributed by atoms with Crippen molar-refractivity contribution in [2.75, 3.05) is 25.0 Å². The van der Waals surface area contributed by atoms with Crippen LogP contribution in [0.3, 0.4) is 0 Å². The topological polar surface area (TPSA) is 93.7 Å². The van der Waals surface area contributed by atoms with Crippen molar-refractivity contribution >= 4 is 39.3 Å². The fraction of sp³-hybridized carbons (Fsp3) is 0.385. The number of nitrogens with one attached hydrogen (secondary N) is 3. The van der Waals surface area contributed by atoms with Gasteiger partial charge in [0.25, 0.3) is 0 Å². The molecule has 0 radical (unpaired) electrons. The van der Waals surface area contributed by atoms with Crippen LogP contribution >= 0.6 is 15.9 Å². The number of halogens is 1. The van der Waals surface area contributed by atoms with E-state index in [1.54, 1.807) is 6.20 Å². The van der Waals surface area contributed by atoms with Gasteiger partial charge in [-0.1, -0.05) is 0 Å². The lowest BCUT2D eigenvalue weighted by Crippen LogP contribution is -2.35. The van der Waals surface area contributed by atoms with Crippen molar-refractivity contribution in [2.24, 2.45) is 0 Å². The monoisotopic (exact) mass is 349 g/mol. The molecular formula is C13H16BrN7. The first-order valence-corrected chi connectivity index (χ1v) is 7.48. The molecule has 1 atom stereocenters. The third-order valence-electron chi connectivity index (χ3n) is 3.76.